The molecule has 0 atom stereocenters. The summed E-state index contributed by atoms with van der Waals surface area (Å²) in [5.41, 5.74) is 1.17. The summed E-state index contributed by atoms with van der Waals surface area (Å²) in [5, 5.41) is 0.211. The fourth-order valence-electron chi connectivity index (χ4n) is 3.55. The molecular weight excluding hydrogens is 383 g/mol. The molecule has 8 heteroatoms. The highest BCUT2D eigenvalue weighted by Crippen LogP contribution is 2.50. The highest BCUT2D eigenvalue weighted by molar-refractivity contribution is 7.90. The van der Waals surface area contributed by atoms with Crippen LogP contribution in [-0.2, 0) is 31.5 Å². The summed E-state index contributed by atoms with van der Waals surface area (Å²) >= 11 is 5.88. The van der Waals surface area contributed by atoms with Crippen molar-refractivity contribution in [1.29, 1.82) is 0 Å². The second-order valence-corrected chi connectivity index (χ2v) is 8.77. The smallest absolute Gasteiger partial charge is 0.196 e. The molecule has 0 radical (unpaired) electrons. The molecule has 0 amide bonds. The van der Waals surface area contributed by atoms with Crippen molar-refractivity contribution < 1.29 is 27.0 Å². The van der Waals surface area contributed by atoms with Crippen LogP contribution in [0, 0.1) is 5.82 Å². The van der Waals surface area contributed by atoms with Gasteiger partial charge in [-0.15, -0.1) is 0 Å². The summed E-state index contributed by atoms with van der Waals surface area (Å²) in [5.74, 6) is -0.911. The van der Waals surface area contributed by atoms with Crippen LogP contribution in [-0.4, -0.2) is 27.9 Å². The van der Waals surface area contributed by atoms with Gasteiger partial charge in [0.25, 0.3) is 0 Å². The van der Waals surface area contributed by atoms with E-state index in [0.29, 0.717) is 42.9 Å². The topological polar surface area (TPSA) is 61.8 Å². The third-order valence-electron chi connectivity index (χ3n) is 4.53. The van der Waals surface area contributed by atoms with Crippen LogP contribution in [0.5, 0.6) is 11.5 Å². The standard InChI is InChI=1S/C18H16ClFO5S/c1-26(21,22)16-3-2-15(25-13-9-11(19)8-12(20)10-13)14-4-5-18(17(14)16)23-6-7-24-18/h2-3,8-10H,4-7H2,1H3. The lowest BCUT2D eigenvalue weighted by Gasteiger charge is -2.25. The molecule has 1 fully saturated rings. The molecule has 5 nitrogen and oxygen atoms in total. The van der Waals surface area contributed by atoms with E-state index in [9.17, 15) is 12.8 Å². The van der Waals surface area contributed by atoms with Gasteiger partial charge in [-0.2, -0.15) is 0 Å². The zero-order valence-electron chi connectivity index (χ0n) is 13.9. The quantitative estimate of drug-likeness (QED) is 0.786. The second kappa shape index (κ2) is 6.20. The zero-order valence-corrected chi connectivity index (χ0v) is 15.5. The van der Waals surface area contributed by atoms with Crippen molar-refractivity contribution in [3.63, 3.8) is 0 Å². The third-order valence-corrected chi connectivity index (χ3v) is 5.89. The van der Waals surface area contributed by atoms with Crippen LogP contribution < -0.4 is 4.74 Å². The molecule has 2 aromatic rings. The number of hydrogen-bond donors (Lipinski definition) is 0. The SMILES string of the molecule is CS(=O)(=O)c1ccc(Oc2cc(F)cc(Cl)c2)c2c1C1(CC2)OCCO1. The summed E-state index contributed by atoms with van der Waals surface area (Å²) in [6.45, 7) is 0.792. The summed E-state index contributed by atoms with van der Waals surface area (Å²) in [7, 11) is -3.49. The number of rotatable bonds is 3. The summed E-state index contributed by atoms with van der Waals surface area (Å²) in [4.78, 5) is 0.163. The summed E-state index contributed by atoms with van der Waals surface area (Å²) in [6, 6.07) is 6.94. The van der Waals surface area contributed by atoms with Crippen molar-refractivity contribution in [2.75, 3.05) is 19.5 Å². The first-order valence-corrected chi connectivity index (χ1v) is 10.3. The van der Waals surface area contributed by atoms with Crippen molar-refractivity contribution in [2.24, 2.45) is 0 Å². The molecule has 0 aromatic heterocycles. The molecule has 0 saturated carbocycles. The molecule has 1 saturated heterocycles. The second-order valence-electron chi connectivity index (χ2n) is 6.34. The fraction of sp³-hybridized carbons (Fsp3) is 0.333. The van der Waals surface area contributed by atoms with Crippen LogP contribution in [0.2, 0.25) is 5.02 Å². The first-order chi connectivity index (χ1) is 12.3. The monoisotopic (exact) mass is 398 g/mol. The molecule has 1 aliphatic heterocycles. The van der Waals surface area contributed by atoms with Crippen molar-refractivity contribution >= 4 is 21.4 Å². The average molecular weight is 399 g/mol. The van der Waals surface area contributed by atoms with Gasteiger partial charge in [0.2, 0.25) is 0 Å². The molecule has 0 N–H and O–H groups in total. The van der Waals surface area contributed by atoms with E-state index in [1.165, 1.54) is 24.3 Å². The highest BCUT2D eigenvalue weighted by atomic mass is 35.5. The van der Waals surface area contributed by atoms with Crippen molar-refractivity contribution in [3.8, 4) is 11.5 Å². The number of halogens is 2. The number of ether oxygens (including phenoxy) is 3. The molecule has 26 heavy (non-hydrogen) atoms. The van der Waals surface area contributed by atoms with Gasteiger partial charge >= 0.3 is 0 Å². The Kier molecular flexibility index (Phi) is 4.23. The van der Waals surface area contributed by atoms with Gasteiger partial charge in [0, 0.05) is 34.9 Å². The van der Waals surface area contributed by atoms with Gasteiger partial charge in [0.1, 0.15) is 17.3 Å². The van der Waals surface area contributed by atoms with Crippen LogP contribution in [0.1, 0.15) is 17.5 Å². The normalized spacial score (nSPS) is 18.3. The zero-order chi connectivity index (χ0) is 18.5. The highest BCUT2D eigenvalue weighted by Gasteiger charge is 2.48. The van der Waals surface area contributed by atoms with E-state index < -0.39 is 21.4 Å². The Morgan fingerprint density at radius 3 is 2.58 bits per heavy atom. The van der Waals surface area contributed by atoms with Gasteiger partial charge in [0.05, 0.1) is 18.1 Å². The van der Waals surface area contributed by atoms with Gasteiger partial charge < -0.3 is 14.2 Å². The third kappa shape index (κ3) is 2.99. The van der Waals surface area contributed by atoms with Gasteiger partial charge in [-0.1, -0.05) is 11.6 Å². The van der Waals surface area contributed by atoms with Crippen LogP contribution in [0.25, 0.3) is 0 Å². The minimum atomic E-state index is -3.49. The molecule has 2 aromatic carbocycles. The van der Waals surface area contributed by atoms with E-state index in [0.717, 1.165) is 6.26 Å². The lowest BCUT2D eigenvalue weighted by molar-refractivity contribution is -0.164. The molecule has 1 spiro atoms. The molecule has 0 bridgehead atoms. The minimum Gasteiger partial charge on any atom is -0.457 e. The predicted molar refractivity (Wildman–Crippen MR) is 92.9 cm³/mol. The van der Waals surface area contributed by atoms with E-state index in [-0.39, 0.29) is 15.7 Å². The van der Waals surface area contributed by atoms with E-state index in [4.69, 9.17) is 25.8 Å². The largest absolute Gasteiger partial charge is 0.457 e. The maximum Gasteiger partial charge on any atom is 0.196 e. The molecule has 138 valence electrons. The van der Waals surface area contributed by atoms with E-state index in [1.54, 1.807) is 6.07 Å². The van der Waals surface area contributed by atoms with Crippen LogP contribution in [0.3, 0.4) is 0 Å². The van der Waals surface area contributed by atoms with Gasteiger partial charge in [-0.25, -0.2) is 12.8 Å². The Morgan fingerprint density at radius 1 is 1.19 bits per heavy atom. The Balaban J connectivity index is 1.85. The minimum absolute atomic E-state index is 0.163. The van der Waals surface area contributed by atoms with Crippen molar-refractivity contribution in [2.45, 2.75) is 23.5 Å². The Labute approximate surface area is 155 Å². The average Bonchev–Trinajstić information content (AvgIpc) is 3.15. The van der Waals surface area contributed by atoms with Crippen LogP contribution in [0.4, 0.5) is 4.39 Å². The van der Waals surface area contributed by atoms with E-state index in [2.05, 4.69) is 0 Å². The van der Waals surface area contributed by atoms with Gasteiger partial charge in [0.15, 0.2) is 15.6 Å². The van der Waals surface area contributed by atoms with E-state index >= 15 is 0 Å². The van der Waals surface area contributed by atoms with Gasteiger partial charge in [-0.3, -0.25) is 0 Å². The number of fused-ring (bicyclic) bond motifs is 2. The van der Waals surface area contributed by atoms with E-state index in [1.807, 2.05) is 0 Å². The first-order valence-electron chi connectivity index (χ1n) is 8.07. The van der Waals surface area contributed by atoms with Crippen molar-refractivity contribution in [3.05, 3.63) is 52.3 Å². The number of hydrogen-bond acceptors (Lipinski definition) is 5. The molecule has 2 aliphatic rings. The Morgan fingerprint density at radius 2 is 1.92 bits per heavy atom. The summed E-state index contributed by atoms with van der Waals surface area (Å²) < 4.78 is 55.5. The van der Waals surface area contributed by atoms with Gasteiger partial charge in [-0.05, 0) is 30.7 Å². The lowest BCUT2D eigenvalue weighted by atomic mass is 10.1. The maximum absolute atomic E-state index is 13.6. The predicted octanol–water partition coefficient (Wildman–Crippen LogP) is 3.82. The molecule has 4 rings (SSSR count). The van der Waals surface area contributed by atoms with Crippen LogP contribution in [0.15, 0.2) is 35.2 Å². The maximum atomic E-state index is 13.6. The number of benzene rings is 2. The molecule has 1 aliphatic carbocycles. The molecular formula is C18H16ClFO5S. The Hall–Kier alpha value is -1.67. The number of sulfone groups is 1. The molecule has 1 heterocycles. The van der Waals surface area contributed by atoms with Crippen LogP contribution >= 0.6 is 11.6 Å². The van der Waals surface area contributed by atoms with Crippen molar-refractivity contribution in [1.82, 2.24) is 0 Å². The summed E-state index contributed by atoms with van der Waals surface area (Å²) in [6.07, 6.45) is 2.17. The molecule has 0 unspecified atom stereocenters. The first kappa shape index (κ1) is 17.7. The fourth-order valence-corrected chi connectivity index (χ4v) is 4.73. The lowest BCUT2D eigenvalue weighted by Crippen LogP contribution is -2.26. The Bertz CT molecular complexity index is 963.